The number of pyridine rings is 1. The van der Waals surface area contributed by atoms with Crippen molar-refractivity contribution in [1.29, 1.82) is 0 Å². The van der Waals surface area contributed by atoms with Crippen LogP contribution in [0.2, 0.25) is 0 Å². The highest BCUT2D eigenvalue weighted by atomic mass is 16.1. The van der Waals surface area contributed by atoms with E-state index in [1.54, 1.807) is 7.05 Å². The van der Waals surface area contributed by atoms with Crippen LogP contribution in [0, 0.1) is 6.92 Å². The summed E-state index contributed by atoms with van der Waals surface area (Å²) in [5, 5.41) is 2.65. The van der Waals surface area contributed by atoms with Crippen molar-refractivity contribution >= 4 is 11.6 Å². The third kappa shape index (κ3) is 1.56. The Kier molecular flexibility index (Phi) is 2.64. The van der Waals surface area contributed by atoms with Crippen LogP contribution in [0.25, 0.3) is 5.65 Å². The second-order valence-electron chi connectivity index (χ2n) is 3.77. The topological polar surface area (TPSA) is 46.4 Å². The molecular weight excluding hydrogens is 202 g/mol. The number of nitrogens with zero attached hydrogens (tertiary/aromatic N) is 2. The molecule has 84 valence electrons. The van der Waals surface area contributed by atoms with Gasteiger partial charge in [-0.05, 0) is 31.0 Å². The van der Waals surface area contributed by atoms with Crippen molar-refractivity contribution in [3.63, 3.8) is 0 Å². The van der Waals surface area contributed by atoms with E-state index in [2.05, 4.69) is 10.3 Å². The Balaban J connectivity index is 2.73. The summed E-state index contributed by atoms with van der Waals surface area (Å²) >= 11 is 0. The summed E-state index contributed by atoms with van der Waals surface area (Å²) in [5.41, 5.74) is 3.45. The number of nitrogens with one attached hydrogen (secondary N) is 1. The fourth-order valence-electron chi connectivity index (χ4n) is 1.80. The zero-order valence-corrected chi connectivity index (χ0v) is 9.74. The van der Waals surface area contributed by atoms with E-state index in [0.717, 1.165) is 23.3 Å². The van der Waals surface area contributed by atoms with E-state index < -0.39 is 0 Å². The van der Waals surface area contributed by atoms with Gasteiger partial charge in [-0.3, -0.25) is 9.20 Å². The zero-order chi connectivity index (χ0) is 11.7. The fourth-order valence-corrected chi connectivity index (χ4v) is 1.80. The van der Waals surface area contributed by atoms with Crippen molar-refractivity contribution in [2.45, 2.75) is 20.3 Å². The highest BCUT2D eigenvalue weighted by Gasteiger charge is 2.16. The summed E-state index contributed by atoms with van der Waals surface area (Å²) in [4.78, 5) is 16.2. The first kappa shape index (κ1) is 10.7. The second-order valence-corrected chi connectivity index (χ2v) is 3.77. The van der Waals surface area contributed by atoms with Gasteiger partial charge in [0.15, 0.2) is 0 Å². The first-order valence-corrected chi connectivity index (χ1v) is 5.37. The van der Waals surface area contributed by atoms with E-state index in [4.69, 9.17) is 0 Å². The maximum absolute atomic E-state index is 11.8. The highest BCUT2D eigenvalue weighted by Crippen LogP contribution is 2.14. The number of hydrogen-bond donors (Lipinski definition) is 1. The number of carbonyl (C=O) groups excluding carboxylic acids is 1. The van der Waals surface area contributed by atoms with Crippen LogP contribution in [0.3, 0.4) is 0 Å². The Morgan fingerprint density at radius 3 is 2.94 bits per heavy atom. The van der Waals surface area contributed by atoms with Gasteiger partial charge >= 0.3 is 0 Å². The molecule has 0 saturated carbocycles. The molecule has 0 spiro atoms. The van der Waals surface area contributed by atoms with E-state index in [9.17, 15) is 4.79 Å². The van der Waals surface area contributed by atoms with Crippen molar-refractivity contribution in [2.24, 2.45) is 0 Å². The third-order valence-corrected chi connectivity index (χ3v) is 2.63. The van der Waals surface area contributed by atoms with E-state index in [1.807, 2.05) is 36.6 Å². The standard InChI is InChI=1S/C12H15N3O/c1-4-9-11(12(16)13-3)15-6-5-8(2)7-10(15)14-9/h5-7H,4H2,1-3H3,(H,13,16). The van der Waals surface area contributed by atoms with Gasteiger partial charge in [-0.2, -0.15) is 0 Å². The molecule has 2 aromatic heterocycles. The summed E-state index contributed by atoms with van der Waals surface area (Å²) in [6.07, 6.45) is 2.64. The number of fused-ring (bicyclic) bond motifs is 1. The van der Waals surface area contributed by atoms with Crippen LogP contribution in [-0.2, 0) is 6.42 Å². The molecule has 2 aromatic rings. The molecule has 0 aliphatic heterocycles. The van der Waals surface area contributed by atoms with Gasteiger partial charge in [0, 0.05) is 13.2 Å². The monoisotopic (exact) mass is 217 g/mol. The molecule has 1 N–H and O–H groups in total. The molecule has 0 aromatic carbocycles. The lowest BCUT2D eigenvalue weighted by molar-refractivity contribution is 0.0956. The number of aryl methyl sites for hydroxylation is 2. The first-order chi connectivity index (χ1) is 7.67. The second kappa shape index (κ2) is 3.96. The Labute approximate surface area is 94.3 Å². The van der Waals surface area contributed by atoms with Gasteiger partial charge in [0.25, 0.3) is 5.91 Å². The van der Waals surface area contributed by atoms with E-state index >= 15 is 0 Å². The van der Waals surface area contributed by atoms with Gasteiger partial charge in [0.2, 0.25) is 0 Å². The average molecular weight is 217 g/mol. The summed E-state index contributed by atoms with van der Waals surface area (Å²) in [6, 6.07) is 3.95. The molecule has 4 heteroatoms. The van der Waals surface area contributed by atoms with Crippen molar-refractivity contribution in [3.8, 4) is 0 Å². The van der Waals surface area contributed by atoms with Crippen LogP contribution in [0.5, 0.6) is 0 Å². The Hall–Kier alpha value is -1.84. The van der Waals surface area contributed by atoms with Crippen molar-refractivity contribution in [3.05, 3.63) is 35.3 Å². The number of amides is 1. The van der Waals surface area contributed by atoms with Gasteiger partial charge in [-0.25, -0.2) is 4.98 Å². The summed E-state index contributed by atoms with van der Waals surface area (Å²) in [6.45, 7) is 4.01. The summed E-state index contributed by atoms with van der Waals surface area (Å²) in [5.74, 6) is -0.0896. The molecular formula is C12H15N3O. The lowest BCUT2D eigenvalue weighted by Gasteiger charge is -2.02. The van der Waals surface area contributed by atoms with Gasteiger partial charge in [0.1, 0.15) is 11.3 Å². The van der Waals surface area contributed by atoms with Gasteiger partial charge in [-0.1, -0.05) is 6.92 Å². The highest BCUT2D eigenvalue weighted by molar-refractivity contribution is 5.94. The van der Waals surface area contributed by atoms with Gasteiger partial charge in [-0.15, -0.1) is 0 Å². The predicted octanol–water partition coefficient (Wildman–Crippen LogP) is 1.56. The van der Waals surface area contributed by atoms with Crippen LogP contribution in [0.1, 0.15) is 28.7 Å². The largest absolute Gasteiger partial charge is 0.354 e. The molecule has 1 amide bonds. The van der Waals surface area contributed by atoms with Crippen LogP contribution in [0.15, 0.2) is 18.3 Å². The Bertz CT molecular complexity index is 542. The van der Waals surface area contributed by atoms with Crippen molar-refractivity contribution in [2.75, 3.05) is 7.05 Å². The molecule has 0 atom stereocenters. The molecule has 0 radical (unpaired) electrons. The van der Waals surface area contributed by atoms with E-state index in [0.29, 0.717) is 5.69 Å². The van der Waals surface area contributed by atoms with Crippen LogP contribution < -0.4 is 5.32 Å². The van der Waals surface area contributed by atoms with Gasteiger partial charge < -0.3 is 5.32 Å². The van der Waals surface area contributed by atoms with Crippen LogP contribution in [0.4, 0.5) is 0 Å². The summed E-state index contributed by atoms with van der Waals surface area (Å²) in [7, 11) is 1.63. The SMILES string of the molecule is CCc1nc2cc(C)ccn2c1C(=O)NC. The molecule has 0 aliphatic carbocycles. The minimum atomic E-state index is -0.0896. The lowest BCUT2D eigenvalue weighted by Crippen LogP contribution is -2.21. The maximum Gasteiger partial charge on any atom is 0.269 e. The third-order valence-electron chi connectivity index (χ3n) is 2.63. The number of carbonyl (C=O) groups is 1. The van der Waals surface area contributed by atoms with Crippen LogP contribution in [-0.4, -0.2) is 22.3 Å². The van der Waals surface area contributed by atoms with Gasteiger partial charge in [0.05, 0.1) is 5.69 Å². The quantitative estimate of drug-likeness (QED) is 0.829. The fraction of sp³-hybridized carbons (Fsp3) is 0.333. The maximum atomic E-state index is 11.8. The minimum absolute atomic E-state index is 0.0896. The van der Waals surface area contributed by atoms with E-state index in [-0.39, 0.29) is 5.91 Å². The molecule has 2 rings (SSSR count). The molecule has 2 heterocycles. The predicted molar refractivity (Wildman–Crippen MR) is 62.7 cm³/mol. The molecule has 0 aliphatic rings. The first-order valence-electron chi connectivity index (χ1n) is 5.37. The number of imidazole rings is 1. The van der Waals surface area contributed by atoms with Crippen molar-refractivity contribution < 1.29 is 4.79 Å². The number of aromatic nitrogens is 2. The molecule has 0 bridgehead atoms. The van der Waals surface area contributed by atoms with E-state index in [1.165, 1.54) is 0 Å². The Morgan fingerprint density at radius 1 is 1.56 bits per heavy atom. The molecule has 0 unspecified atom stereocenters. The number of rotatable bonds is 2. The normalized spacial score (nSPS) is 10.7. The minimum Gasteiger partial charge on any atom is -0.354 e. The molecule has 16 heavy (non-hydrogen) atoms. The summed E-state index contributed by atoms with van der Waals surface area (Å²) < 4.78 is 1.84. The molecule has 0 saturated heterocycles. The average Bonchev–Trinajstić information content (AvgIpc) is 2.65. The number of hydrogen-bond acceptors (Lipinski definition) is 2. The molecule has 0 fully saturated rings. The van der Waals surface area contributed by atoms with Crippen molar-refractivity contribution in [1.82, 2.24) is 14.7 Å². The lowest BCUT2D eigenvalue weighted by atomic mass is 10.2. The molecule has 4 nitrogen and oxygen atoms in total. The zero-order valence-electron chi connectivity index (χ0n) is 9.74. The Morgan fingerprint density at radius 2 is 2.31 bits per heavy atom. The smallest absolute Gasteiger partial charge is 0.269 e. The van der Waals surface area contributed by atoms with Crippen LogP contribution >= 0.6 is 0 Å².